The van der Waals surface area contributed by atoms with E-state index >= 15 is 0 Å². The highest BCUT2D eigenvalue weighted by Crippen LogP contribution is 2.31. The maximum atomic E-state index is 11.7. The number of nitrogens with zero attached hydrogens (tertiary/aromatic N) is 4. The van der Waals surface area contributed by atoms with E-state index < -0.39 is 11.5 Å². The van der Waals surface area contributed by atoms with Crippen molar-refractivity contribution in [1.82, 2.24) is 19.4 Å². The number of aromatic nitrogens is 3. The van der Waals surface area contributed by atoms with Crippen molar-refractivity contribution in [2.75, 3.05) is 20.2 Å². The molecule has 8 heteroatoms. The first-order valence-corrected chi connectivity index (χ1v) is 9.46. The topological polar surface area (TPSA) is 107 Å². The van der Waals surface area contributed by atoms with Crippen molar-refractivity contribution in [3.63, 3.8) is 0 Å². The number of nitrogens with two attached hydrogens (primary N) is 1. The molecule has 30 heavy (non-hydrogen) atoms. The van der Waals surface area contributed by atoms with Gasteiger partial charge >= 0.3 is 0 Å². The summed E-state index contributed by atoms with van der Waals surface area (Å²) in [6, 6.07) is 9.23. The van der Waals surface area contributed by atoms with Crippen LogP contribution >= 0.6 is 0 Å². The summed E-state index contributed by atoms with van der Waals surface area (Å²) in [7, 11) is 3.58. The number of hydrogen-bond acceptors (Lipinski definition) is 5. The Morgan fingerprint density at radius 1 is 1.43 bits per heavy atom. The molecule has 1 aliphatic rings. The van der Waals surface area contributed by atoms with Crippen molar-refractivity contribution in [2.45, 2.75) is 12.0 Å². The molecule has 152 valence electrons. The van der Waals surface area contributed by atoms with Crippen LogP contribution in [0.4, 0.5) is 0 Å². The smallest absolute Gasteiger partial charge is 0.267 e. The van der Waals surface area contributed by atoms with Gasteiger partial charge in [-0.3, -0.25) is 9.59 Å². The summed E-state index contributed by atoms with van der Waals surface area (Å²) >= 11 is 0. The minimum atomic E-state index is -0.594. The van der Waals surface area contributed by atoms with Crippen LogP contribution in [0, 0.1) is 11.8 Å². The number of carbonyl (C=O) groups excluding carboxylic acids is 2. The SMILES string of the molecule is CN(C=O)CCC1(C#Cc2cccc(-c3nc(C(N)=O)cc4c3ncn4C)c2)CO1. The second-order valence-corrected chi connectivity index (χ2v) is 7.39. The van der Waals surface area contributed by atoms with Gasteiger partial charge in [-0.2, -0.15) is 0 Å². The Morgan fingerprint density at radius 2 is 2.23 bits per heavy atom. The molecule has 3 aromatic rings. The number of primary amides is 1. The third-order valence-corrected chi connectivity index (χ3v) is 5.08. The van der Waals surface area contributed by atoms with E-state index in [2.05, 4.69) is 21.8 Å². The van der Waals surface area contributed by atoms with Crippen molar-refractivity contribution in [3.05, 3.63) is 47.9 Å². The highest BCUT2D eigenvalue weighted by Gasteiger charge is 2.42. The summed E-state index contributed by atoms with van der Waals surface area (Å²) in [6.45, 7) is 1.14. The van der Waals surface area contributed by atoms with Gasteiger partial charge in [-0.25, -0.2) is 9.97 Å². The maximum Gasteiger partial charge on any atom is 0.267 e. The Kier molecular flexibility index (Phi) is 4.98. The van der Waals surface area contributed by atoms with Crippen LogP contribution in [0.2, 0.25) is 0 Å². The number of rotatable bonds is 6. The predicted octanol–water partition coefficient (Wildman–Crippen LogP) is 1.33. The van der Waals surface area contributed by atoms with Gasteiger partial charge < -0.3 is 19.9 Å². The largest absolute Gasteiger partial charge is 0.364 e. The van der Waals surface area contributed by atoms with E-state index in [1.807, 2.05) is 35.9 Å². The molecule has 2 aromatic heterocycles. The molecular formula is C22H21N5O3. The van der Waals surface area contributed by atoms with Crippen LogP contribution in [0.3, 0.4) is 0 Å². The average Bonchev–Trinajstić information content (AvgIpc) is 3.44. The first kappa shape index (κ1) is 19.6. The average molecular weight is 403 g/mol. The van der Waals surface area contributed by atoms with Crippen molar-refractivity contribution in [1.29, 1.82) is 0 Å². The Bertz CT molecular complexity index is 1200. The number of fused-ring (bicyclic) bond motifs is 1. The highest BCUT2D eigenvalue weighted by atomic mass is 16.6. The Balaban J connectivity index is 1.67. The molecule has 1 fully saturated rings. The minimum absolute atomic E-state index is 0.183. The number of epoxide rings is 1. The Labute approximate surface area is 173 Å². The zero-order chi connectivity index (χ0) is 21.3. The summed E-state index contributed by atoms with van der Waals surface area (Å²) < 4.78 is 7.36. The fourth-order valence-electron chi connectivity index (χ4n) is 3.16. The van der Waals surface area contributed by atoms with Crippen LogP contribution in [0.1, 0.15) is 22.5 Å². The quantitative estimate of drug-likeness (QED) is 0.380. The summed E-state index contributed by atoms with van der Waals surface area (Å²) in [6.07, 6.45) is 3.12. The molecule has 0 radical (unpaired) electrons. The summed E-state index contributed by atoms with van der Waals surface area (Å²) in [5.41, 5.74) is 8.78. The van der Waals surface area contributed by atoms with Gasteiger partial charge in [0.05, 0.1) is 24.1 Å². The summed E-state index contributed by atoms with van der Waals surface area (Å²) in [4.78, 5) is 33.0. The number of hydrogen-bond donors (Lipinski definition) is 1. The van der Waals surface area contributed by atoms with Gasteiger partial charge in [0.2, 0.25) is 6.41 Å². The lowest BCUT2D eigenvalue weighted by molar-refractivity contribution is -0.117. The fourth-order valence-corrected chi connectivity index (χ4v) is 3.16. The van der Waals surface area contributed by atoms with E-state index in [1.54, 1.807) is 24.3 Å². The number of carbonyl (C=O) groups is 2. The molecule has 0 bridgehead atoms. The molecule has 1 aromatic carbocycles. The van der Waals surface area contributed by atoms with Crippen LogP contribution in [0.25, 0.3) is 22.3 Å². The van der Waals surface area contributed by atoms with Gasteiger partial charge in [-0.15, -0.1) is 0 Å². The molecule has 1 aliphatic heterocycles. The molecule has 1 saturated heterocycles. The number of pyridine rings is 1. The third kappa shape index (κ3) is 3.88. The predicted molar refractivity (Wildman–Crippen MR) is 111 cm³/mol. The number of aryl methyl sites for hydroxylation is 1. The van der Waals surface area contributed by atoms with Crippen LogP contribution in [0.5, 0.6) is 0 Å². The van der Waals surface area contributed by atoms with E-state index in [1.165, 1.54) is 0 Å². The van der Waals surface area contributed by atoms with Gasteiger partial charge in [0, 0.05) is 38.2 Å². The van der Waals surface area contributed by atoms with Gasteiger partial charge in [0.15, 0.2) is 5.60 Å². The molecular weight excluding hydrogens is 382 g/mol. The van der Waals surface area contributed by atoms with Gasteiger partial charge in [0.1, 0.15) is 11.2 Å². The molecule has 0 spiro atoms. The number of amides is 2. The monoisotopic (exact) mass is 403 g/mol. The lowest BCUT2D eigenvalue weighted by Gasteiger charge is -2.11. The highest BCUT2D eigenvalue weighted by molar-refractivity contribution is 5.98. The maximum absolute atomic E-state index is 11.7. The molecule has 3 heterocycles. The zero-order valence-corrected chi connectivity index (χ0v) is 16.8. The summed E-state index contributed by atoms with van der Waals surface area (Å²) in [5, 5.41) is 0. The normalized spacial score (nSPS) is 17.3. The summed E-state index contributed by atoms with van der Waals surface area (Å²) in [5.74, 6) is 5.76. The molecule has 0 aliphatic carbocycles. The Hall–Kier alpha value is -3.70. The molecule has 0 saturated carbocycles. The van der Waals surface area contributed by atoms with Crippen LogP contribution in [-0.2, 0) is 16.6 Å². The zero-order valence-electron chi connectivity index (χ0n) is 16.8. The standard InChI is InChI=1S/C22H21N5O3/c1-26(14-28)9-8-22(12-30-22)7-6-15-4-3-5-16(10-15)19-20-18(27(2)13-24-20)11-17(25-19)21(23)29/h3-5,10-11,13-14H,8-9,12H2,1-2H3,(H2,23,29). The number of benzene rings is 1. The minimum Gasteiger partial charge on any atom is -0.364 e. The number of imidazole rings is 1. The molecule has 2 amide bonds. The van der Waals surface area contributed by atoms with Crippen LogP contribution in [-0.4, -0.2) is 57.6 Å². The van der Waals surface area contributed by atoms with Crippen molar-refractivity contribution in [2.24, 2.45) is 12.8 Å². The molecule has 4 rings (SSSR count). The first-order valence-electron chi connectivity index (χ1n) is 9.46. The van der Waals surface area contributed by atoms with Crippen molar-refractivity contribution < 1.29 is 14.3 Å². The molecule has 1 atom stereocenters. The van der Waals surface area contributed by atoms with Crippen molar-refractivity contribution in [3.8, 4) is 23.1 Å². The molecule has 2 N–H and O–H groups in total. The van der Waals surface area contributed by atoms with Gasteiger partial charge in [-0.05, 0) is 18.2 Å². The van der Waals surface area contributed by atoms with Crippen LogP contribution < -0.4 is 5.73 Å². The van der Waals surface area contributed by atoms with E-state index in [0.717, 1.165) is 23.1 Å². The van der Waals surface area contributed by atoms with Gasteiger partial charge in [0.25, 0.3) is 5.91 Å². The molecule has 8 nitrogen and oxygen atoms in total. The number of ether oxygens (including phenoxy) is 1. The second-order valence-electron chi connectivity index (χ2n) is 7.39. The van der Waals surface area contributed by atoms with Crippen LogP contribution in [0.15, 0.2) is 36.7 Å². The van der Waals surface area contributed by atoms with E-state index in [-0.39, 0.29) is 5.69 Å². The lowest BCUT2D eigenvalue weighted by atomic mass is 10.0. The van der Waals surface area contributed by atoms with E-state index in [9.17, 15) is 9.59 Å². The fraction of sp³-hybridized carbons (Fsp3) is 0.273. The van der Waals surface area contributed by atoms with Gasteiger partial charge in [-0.1, -0.05) is 24.0 Å². The van der Waals surface area contributed by atoms with E-state index in [0.29, 0.717) is 30.8 Å². The Morgan fingerprint density at radius 3 is 2.93 bits per heavy atom. The third-order valence-electron chi connectivity index (χ3n) is 5.08. The second kappa shape index (κ2) is 7.61. The van der Waals surface area contributed by atoms with Crippen molar-refractivity contribution >= 4 is 23.4 Å². The first-order chi connectivity index (χ1) is 14.4. The molecule has 1 unspecified atom stereocenters. The van der Waals surface area contributed by atoms with E-state index in [4.69, 9.17) is 10.5 Å². The lowest BCUT2D eigenvalue weighted by Crippen LogP contribution is -2.22.